The molecule has 8 heteroatoms. The second-order valence-electron chi connectivity index (χ2n) is 6.12. The largest absolute Gasteiger partial charge is 0.386 e. The van der Waals surface area contributed by atoms with Crippen LogP contribution in [0.1, 0.15) is 12.0 Å². The number of aliphatic hydroxyl groups is 1. The maximum absolute atomic E-state index is 11.9. The van der Waals surface area contributed by atoms with E-state index in [0.717, 1.165) is 5.56 Å². The zero-order valence-corrected chi connectivity index (χ0v) is 13.9. The van der Waals surface area contributed by atoms with Gasteiger partial charge in [-0.05, 0) is 0 Å². The van der Waals surface area contributed by atoms with E-state index in [-0.39, 0.29) is 18.9 Å². The van der Waals surface area contributed by atoms with Crippen molar-refractivity contribution in [3.8, 4) is 0 Å². The highest BCUT2D eigenvalue weighted by Gasteiger charge is 2.35. The van der Waals surface area contributed by atoms with Crippen molar-refractivity contribution in [2.45, 2.75) is 18.6 Å². The van der Waals surface area contributed by atoms with Gasteiger partial charge in [0.25, 0.3) is 0 Å². The number of carbonyl (C=O) groups is 1. The summed E-state index contributed by atoms with van der Waals surface area (Å²) in [5.41, 5.74) is -0.226. The first-order valence-corrected chi connectivity index (χ1v) is 7.63. The molecule has 1 aliphatic rings. The van der Waals surface area contributed by atoms with Crippen LogP contribution >= 0.6 is 0 Å². The molecule has 1 aliphatic heterocycles. The first-order valence-electron chi connectivity index (χ1n) is 7.63. The maximum atomic E-state index is 11.9. The van der Waals surface area contributed by atoms with E-state index in [1.54, 1.807) is 33.5 Å². The molecular formula is C15H25N5O3. The molecule has 1 aromatic heterocycles. The Labute approximate surface area is 136 Å². The molecule has 0 aromatic carbocycles. The van der Waals surface area contributed by atoms with Crippen LogP contribution < -0.4 is 5.32 Å². The minimum absolute atomic E-state index is 0.0473. The van der Waals surface area contributed by atoms with E-state index in [0.29, 0.717) is 32.2 Å². The van der Waals surface area contributed by atoms with E-state index in [1.807, 2.05) is 0 Å². The molecule has 2 heterocycles. The summed E-state index contributed by atoms with van der Waals surface area (Å²) in [4.78, 5) is 23.9. The van der Waals surface area contributed by atoms with Crippen molar-refractivity contribution in [3.05, 3.63) is 18.0 Å². The summed E-state index contributed by atoms with van der Waals surface area (Å²) in [6.07, 6.45) is 3.56. The number of β-amino-alcohol motifs (C(OH)–C–C–N with tert-alkyl or cyclic N) is 1. The Morgan fingerprint density at radius 2 is 2.17 bits per heavy atom. The lowest BCUT2D eigenvalue weighted by Gasteiger charge is -2.31. The SMILES string of the molecule is CNc1ncc(CN2CCOC[C@@](O)(CC(=O)N(C)C)C2)cn1. The van der Waals surface area contributed by atoms with E-state index in [1.165, 1.54) is 4.90 Å². The predicted octanol–water partition coefficient (Wildman–Crippen LogP) is -0.440. The fourth-order valence-electron chi connectivity index (χ4n) is 2.50. The molecule has 1 amide bonds. The normalized spacial score (nSPS) is 22.4. The van der Waals surface area contributed by atoms with Gasteiger partial charge in [0, 0.05) is 58.7 Å². The molecule has 2 N–H and O–H groups in total. The summed E-state index contributed by atoms with van der Waals surface area (Å²) in [5.74, 6) is 0.459. The lowest BCUT2D eigenvalue weighted by molar-refractivity contribution is -0.136. The molecular weight excluding hydrogens is 298 g/mol. The Hall–Kier alpha value is -1.77. The third-order valence-electron chi connectivity index (χ3n) is 3.75. The van der Waals surface area contributed by atoms with Crippen molar-refractivity contribution >= 4 is 11.9 Å². The zero-order chi connectivity index (χ0) is 16.9. The van der Waals surface area contributed by atoms with Gasteiger partial charge in [0.1, 0.15) is 5.60 Å². The number of rotatable bonds is 5. The van der Waals surface area contributed by atoms with Gasteiger partial charge in [-0.25, -0.2) is 9.97 Å². The van der Waals surface area contributed by atoms with Crippen LogP contribution in [0.2, 0.25) is 0 Å². The van der Waals surface area contributed by atoms with Crippen LogP contribution in [0.25, 0.3) is 0 Å². The van der Waals surface area contributed by atoms with E-state index < -0.39 is 5.60 Å². The molecule has 0 radical (unpaired) electrons. The summed E-state index contributed by atoms with van der Waals surface area (Å²) in [5, 5.41) is 13.6. The molecule has 8 nitrogen and oxygen atoms in total. The number of nitrogens with zero attached hydrogens (tertiary/aromatic N) is 4. The first-order chi connectivity index (χ1) is 10.9. The number of amides is 1. The molecule has 1 fully saturated rings. The van der Waals surface area contributed by atoms with Gasteiger partial charge in [-0.15, -0.1) is 0 Å². The van der Waals surface area contributed by atoms with Crippen LogP contribution in [-0.4, -0.2) is 83.8 Å². The molecule has 1 aromatic rings. The van der Waals surface area contributed by atoms with Gasteiger partial charge in [0.15, 0.2) is 0 Å². The van der Waals surface area contributed by atoms with Gasteiger partial charge in [-0.2, -0.15) is 0 Å². The van der Waals surface area contributed by atoms with Crippen molar-refractivity contribution in [1.82, 2.24) is 19.8 Å². The van der Waals surface area contributed by atoms with Crippen molar-refractivity contribution in [2.75, 3.05) is 52.8 Å². The first kappa shape index (κ1) is 17.6. The molecule has 0 spiro atoms. The average molecular weight is 323 g/mol. The maximum Gasteiger partial charge on any atom is 0.225 e. The number of carbonyl (C=O) groups excluding carboxylic acids is 1. The summed E-state index contributed by atoms with van der Waals surface area (Å²) in [6.45, 7) is 2.35. The third kappa shape index (κ3) is 5.12. The Morgan fingerprint density at radius 1 is 1.48 bits per heavy atom. The number of nitrogens with one attached hydrogen (secondary N) is 1. The van der Waals surface area contributed by atoms with E-state index >= 15 is 0 Å². The highest BCUT2D eigenvalue weighted by molar-refractivity contribution is 5.76. The number of ether oxygens (including phenoxy) is 1. The fourth-order valence-corrected chi connectivity index (χ4v) is 2.50. The number of hydrogen-bond acceptors (Lipinski definition) is 7. The Balaban J connectivity index is 2.01. The smallest absolute Gasteiger partial charge is 0.225 e. The van der Waals surface area contributed by atoms with Gasteiger partial charge in [0.2, 0.25) is 11.9 Å². The van der Waals surface area contributed by atoms with Crippen LogP contribution in [0, 0.1) is 0 Å². The van der Waals surface area contributed by atoms with E-state index in [4.69, 9.17) is 4.74 Å². The van der Waals surface area contributed by atoms with Crippen LogP contribution in [0.3, 0.4) is 0 Å². The van der Waals surface area contributed by atoms with Gasteiger partial charge in [-0.1, -0.05) is 0 Å². The standard InChI is InChI=1S/C15H25N5O3/c1-16-14-17-7-12(8-18-14)9-20-4-5-23-11-15(22,10-20)6-13(21)19(2)3/h7-8,22H,4-6,9-11H2,1-3H3,(H,16,17,18)/t15-/m1/s1. The van der Waals surface area contributed by atoms with Gasteiger partial charge >= 0.3 is 0 Å². The zero-order valence-electron chi connectivity index (χ0n) is 13.9. The molecule has 128 valence electrons. The fraction of sp³-hybridized carbons (Fsp3) is 0.667. The Bertz CT molecular complexity index is 522. The Morgan fingerprint density at radius 3 is 2.78 bits per heavy atom. The summed E-state index contributed by atoms with van der Waals surface area (Å²) < 4.78 is 5.49. The van der Waals surface area contributed by atoms with Crippen LogP contribution in [0.5, 0.6) is 0 Å². The predicted molar refractivity (Wildman–Crippen MR) is 85.9 cm³/mol. The monoisotopic (exact) mass is 323 g/mol. The lowest BCUT2D eigenvalue weighted by Crippen LogP contribution is -2.47. The summed E-state index contributed by atoms with van der Waals surface area (Å²) in [7, 11) is 5.13. The van der Waals surface area contributed by atoms with Crippen molar-refractivity contribution < 1.29 is 14.6 Å². The van der Waals surface area contributed by atoms with Crippen LogP contribution in [-0.2, 0) is 16.1 Å². The highest BCUT2D eigenvalue weighted by Crippen LogP contribution is 2.19. The molecule has 2 rings (SSSR count). The minimum Gasteiger partial charge on any atom is -0.386 e. The Kier molecular flexibility index (Phi) is 5.86. The van der Waals surface area contributed by atoms with Gasteiger partial charge in [0.05, 0.1) is 19.6 Å². The van der Waals surface area contributed by atoms with E-state index in [9.17, 15) is 9.90 Å². The molecule has 0 aliphatic carbocycles. The van der Waals surface area contributed by atoms with Crippen molar-refractivity contribution in [1.29, 1.82) is 0 Å². The molecule has 23 heavy (non-hydrogen) atoms. The van der Waals surface area contributed by atoms with Crippen molar-refractivity contribution in [2.24, 2.45) is 0 Å². The molecule has 1 saturated heterocycles. The molecule has 0 unspecified atom stereocenters. The average Bonchev–Trinajstić information content (AvgIpc) is 2.69. The molecule has 0 saturated carbocycles. The third-order valence-corrected chi connectivity index (χ3v) is 3.75. The topological polar surface area (TPSA) is 90.8 Å². The second kappa shape index (κ2) is 7.67. The number of anilines is 1. The number of hydrogen-bond donors (Lipinski definition) is 2. The van der Waals surface area contributed by atoms with Crippen molar-refractivity contribution in [3.63, 3.8) is 0 Å². The highest BCUT2D eigenvalue weighted by atomic mass is 16.5. The number of aromatic nitrogens is 2. The van der Waals surface area contributed by atoms with Gasteiger partial charge in [-0.3, -0.25) is 9.69 Å². The summed E-state index contributed by atoms with van der Waals surface area (Å²) in [6, 6.07) is 0. The van der Waals surface area contributed by atoms with Crippen LogP contribution in [0.15, 0.2) is 12.4 Å². The van der Waals surface area contributed by atoms with Crippen LogP contribution in [0.4, 0.5) is 5.95 Å². The summed E-state index contributed by atoms with van der Waals surface area (Å²) >= 11 is 0. The van der Waals surface area contributed by atoms with E-state index in [2.05, 4.69) is 20.2 Å². The quantitative estimate of drug-likeness (QED) is 0.759. The van der Waals surface area contributed by atoms with Gasteiger partial charge < -0.3 is 20.1 Å². The second-order valence-corrected chi connectivity index (χ2v) is 6.12. The lowest BCUT2D eigenvalue weighted by atomic mass is 9.99. The minimum atomic E-state index is -1.18. The molecule has 1 atom stereocenters. The molecule has 0 bridgehead atoms.